The van der Waals surface area contributed by atoms with Gasteiger partial charge in [0, 0.05) is 25.0 Å². The third-order valence-corrected chi connectivity index (χ3v) is 3.95. The highest BCUT2D eigenvalue weighted by atomic mass is 35.5. The van der Waals surface area contributed by atoms with E-state index in [1.54, 1.807) is 11.0 Å². The van der Waals surface area contributed by atoms with E-state index in [1.165, 1.54) is 19.2 Å². The van der Waals surface area contributed by atoms with Gasteiger partial charge in [-0.05, 0) is 37.3 Å². The molecule has 110 valence electrons. The van der Waals surface area contributed by atoms with Crippen LogP contribution in [0.2, 0.25) is 0 Å². The van der Waals surface area contributed by atoms with Crippen LogP contribution in [0.1, 0.15) is 29.6 Å². The van der Waals surface area contributed by atoms with Gasteiger partial charge in [-0.15, -0.1) is 11.6 Å². The fraction of sp³-hybridized carbons (Fsp3) is 0.533. The molecular formula is C15H19ClFNO2. The number of methoxy groups -OCH3 is 1. The van der Waals surface area contributed by atoms with Gasteiger partial charge in [-0.3, -0.25) is 4.79 Å². The van der Waals surface area contributed by atoms with Gasteiger partial charge in [0.25, 0.3) is 5.91 Å². The summed E-state index contributed by atoms with van der Waals surface area (Å²) in [7, 11) is 1.47. The summed E-state index contributed by atoms with van der Waals surface area (Å²) in [6.07, 6.45) is 2.93. The number of likely N-dealkylation sites (tertiary alicyclic amines) is 1. The Morgan fingerprint density at radius 2 is 2.35 bits per heavy atom. The zero-order chi connectivity index (χ0) is 14.5. The first-order valence-corrected chi connectivity index (χ1v) is 7.38. The number of benzene rings is 1. The maximum absolute atomic E-state index is 13.9. The second-order valence-corrected chi connectivity index (χ2v) is 5.46. The van der Waals surface area contributed by atoms with Crippen LogP contribution in [-0.4, -0.2) is 36.9 Å². The minimum Gasteiger partial charge on any atom is -0.497 e. The Morgan fingerprint density at radius 1 is 1.55 bits per heavy atom. The van der Waals surface area contributed by atoms with Crippen molar-refractivity contribution in [2.24, 2.45) is 5.92 Å². The van der Waals surface area contributed by atoms with Gasteiger partial charge >= 0.3 is 0 Å². The molecule has 0 saturated carbocycles. The van der Waals surface area contributed by atoms with Crippen molar-refractivity contribution in [3.05, 3.63) is 29.6 Å². The fourth-order valence-corrected chi connectivity index (χ4v) is 2.91. The van der Waals surface area contributed by atoms with Crippen molar-refractivity contribution in [1.82, 2.24) is 4.90 Å². The van der Waals surface area contributed by atoms with Gasteiger partial charge in [0.2, 0.25) is 0 Å². The summed E-state index contributed by atoms with van der Waals surface area (Å²) >= 11 is 5.76. The molecule has 1 aromatic rings. The molecule has 1 aliphatic heterocycles. The van der Waals surface area contributed by atoms with E-state index in [0.717, 1.165) is 19.3 Å². The van der Waals surface area contributed by atoms with E-state index in [1.807, 2.05) is 0 Å². The van der Waals surface area contributed by atoms with Crippen LogP contribution in [0.3, 0.4) is 0 Å². The molecule has 1 unspecified atom stereocenters. The van der Waals surface area contributed by atoms with E-state index in [2.05, 4.69) is 0 Å². The summed E-state index contributed by atoms with van der Waals surface area (Å²) in [5.74, 6) is 0.659. The van der Waals surface area contributed by atoms with Gasteiger partial charge in [0.1, 0.15) is 11.6 Å². The Hall–Kier alpha value is -1.29. The van der Waals surface area contributed by atoms with Crippen molar-refractivity contribution in [2.75, 3.05) is 26.1 Å². The minimum atomic E-state index is -0.534. The van der Waals surface area contributed by atoms with Gasteiger partial charge in [0.05, 0.1) is 12.7 Å². The molecular weight excluding hydrogens is 281 g/mol. The molecule has 5 heteroatoms. The van der Waals surface area contributed by atoms with Gasteiger partial charge in [-0.2, -0.15) is 0 Å². The monoisotopic (exact) mass is 299 g/mol. The number of hydrogen-bond acceptors (Lipinski definition) is 2. The number of amides is 1. The summed E-state index contributed by atoms with van der Waals surface area (Å²) in [5.41, 5.74) is 0.109. The van der Waals surface area contributed by atoms with Crippen molar-refractivity contribution in [3.8, 4) is 5.75 Å². The fourth-order valence-electron chi connectivity index (χ4n) is 2.61. The quantitative estimate of drug-likeness (QED) is 0.798. The highest BCUT2D eigenvalue weighted by Crippen LogP contribution is 2.23. The van der Waals surface area contributed by atoms with Crippen molar-refractivity contribution in [1.29, 1.82) is 0 Å². The van der Waals surface area contributed by atoms with Gasteiger partial charge in [-0.25, -0.2) is 4.39 Å². The molecule has 0 aliphatic carbocycles. The zero-order valence-corrected chi connectivity index (χ0v) is 12.3. The molecule has 1 heterocycles. The number of rotatable bonds is 4. The molecule has 1 fully saturated rings. The van der Waals surface area contributed by atoms with E-state index >= 15 is 0 Å². The number of hydrogen-bond donors (Lipinski definition) is 0. The number of alkyl halides is 1. The number of carbonyl (C=O) groups excluding carboxylic acids is 1. The number of nitrogens with zero attached hydrogens (tertiary/aromatic N) is 1. The highest BCUT2D eigenvalue weighted by Gasteiger charge is 2.25. The van der Waals surface area contributed by atoms with Crippen molar-refractivity contribution in [2.45, 2.75) is 19.3 Å². The lowest BCUT2D eigenvalue weighted by Crippen LogP contribution is -2.40. The van der Waals surface area contributed by atoms with Crippen molar-refractivity contribution >= 4 is 17.5 Å². The third kappa shape index (κ3) is 3.42. The Morgan fingerprint density at radius 3 is 3.00 bits per heavy atom. The average Bonchev–Trinajstić information content (AvgIpc) is 2.47. The third-order valence-electron chi connectivity index (χ3n) is 3.73. The molecule has 0 aromatic heterocycles. The van der Waals surface area contributed by atoms with Crippen LogP contribution in [0.25, 0.3) is 0 Å². The maximum atomic E-state index is 13.9. The van der Waals surface area contributed by atoms with E-state index in [-0.39, 0.29) is 11.5 Å². The molecule has 1 aromatic carbocycles. The molecule has 1 saturated heterocycles. The first kappa shape index (κ1) is 15.1. The second-order valence-electron chi connectivity index (χ2n) is 5.08. The van der Waals surface area contributed by atoms with Crippen molar-refractivity contribution < 1.29 is 13.9 Å². The predicted octanol–water partition coefficient (Wildman–Crippen LogP) is 3.32. The van der Waals surface area contributed by atoms with Crippen LogP contribution in [0.15, 0.2) is 18.2 Å². The summed E-state index contributed by atoms with van der Waals surface area (Å²) < 4.78 is 18.9. The number of carbonyl (C=O) groups is 1. The van der Waals surface area contributed by atoms with E-state index in [0.29, 0.717) is 30.6 Å². The summed E-state index contributed by atoms with van der Waals surface area (Å²) in [6, 6.07) is 4.34. The van der Waals surface area contributed by atoms with Crippen molar-refractivity contribution in [3.63, 3.8) is 0 Å². The van der Waals surface area contributed by atoms with Crippen LogP contribution in [-0.2, 0) is 0 Å². The molecule has 0 spiro atoms. The molecule has 0 radical (unpaired) electrons. The van der Waals surface area contributed by atoms with Crippen LogP contribution in [0.4, 0.5) is 4.39 Å². The minimum absolute atomic E-state index is 0.109. The van der Waals surface area contributed by atoms with E-state index in [4.69, 9.17) is 16.3 Å². The van der Waals surface area contributed by atoms with Crippen LogP contribution >= 0.6 is 11.6 Å². The lowest BCUT2D eigenvalue weighted by atomic mass is 9.95. The molecule has 2 rings (SSSR count). The number of halogens is 2. The van der Waals surface area contributed by atoms with E-state index < -0.39 is 5.82 Å². The number of ether oxygens (including phenoxy) is 1. The molecule has 1 amide bonds. The molecule has 1 atom stereocenters. The Kier molecular flexibility index (Phi) is 5.24. The molecule has 0 N–H and O–H groups in total. The topological polar surface area (TPSA) is 29.5 Å². The lowest BCUT2D eigenvalue weighted by molar-refractivity contribution is 0.0667. The summed E-state index contributed by atoms with van der Waals surface area (Å²) in [4.78, 5) is 14.1. The van der Waals surface area contributed by atoms with Gasteiger partial charge in [-0.1, -0.05) is 0 Å². The smallest absolute Gasteiger partial charge is 0.256 e. The molecule has 0 bridgehead atoms. The Balaban J connectivity index is 2.10. The second kappa shape index (κ2) is 6.93. The molecule has 1 aliphatic rings. The highest BCUT2D eigenvalue weighted by molar-refractivity contribution is 6.17. The van der Waals surface area contributed by atoms with Gasteiger partial charge < -0.3 is 9.64 Å². The first-order valence-electron chi connectivity index (χ1n) is 6.84. The largest absolute Gasteiger partial charge is 0.497 e. The van der Waals surface area contributed by atoms with Crippen LogP contribution in [0, 0.1) is 11.7 Å². The SMILES string of the molecule is COc1ccc(C(=O)N2CCCC(CCCl)C2)c(F)c1. The molecule has 3 nitrogen and oxygen atoms in total. The molecule has 20 heavy (non-hydrogen) atoms. The zero-order valence-electron chi connectivity index (χ0n) is 11.6. The number of piperidine rings is 1. The summed E-state index contributed by atoms with van der Waals surface area (Å²) in [5, 5.41) is 0. The van der Waals surface area contributed by atoms with Gasteiger partial charge in [0.15, 0.2) is 0 Å². The average molecular weight is 300 g/mol. The lowest BCUT2D eigenvalue weighted by Gasteiger charge is -2.32. The normalized spacial score (nSPS) is 18.9. The maximum Gasteiger partial charge on any atom is 0.256 e. The summed E-state index contributed by atoms with van der Waals surface area (Å²) in [6.45, 7) is 1.35. The van der Waals surface area contributed by atoms with Crippen LogP contribution in [0.5, 0.6) is 5.75 Å². The Labute approximate surface area is 123 Å². The van der Waals surface area contributed by atoms with Crippen LogP contribution < -0.4 is 4.74 Å². The standard InChI is InChI=1S/C15H19ClFNO2/c1-20-12-4-5-13(14(17)9-12)15(19)18-8-2-3-11(10-18)6-7-16/h4-5,9,11H,2-3,6-8,10H2,1H3. The predicted molar refractivity (Wildman–Crippen MR) is 76.9 cm³/mol. The van der Waals surface area contributed by atoms with E-state index in [9.17, 15) is 9.18 Å². The first-order chi connectivity index (χ1) is 9.65. The Bertz CT molecular complexity index is 479.